The molecule has 0 aliphatic carbocycles. The number of esters is 1. The molecule has 5 heteroatoms. The lowest BCUT2D eigenvalue weighted by Gasteiger charge is -2.26. The van der Waals surface area contributed by atoms with Crippen LogP contribution in [0.1, 0.15) is 25.0 Å². The maximum absolute atomic E-state index is 11.0. The lowest BCUT2D eigenvalue weighted by Crippen LogP contribution is -2.24. The number of aliphatic hydroxyl groups excluding tert-OH is 1. The topological polar surface area (TPSA) is 65.0 Å². The Hall–Kier alpha value is -2.79. The van der Waals surface area contributed by atoms with E-state index in [1.165, 1.54) is 5.56 Å². The van der Waals surface area contributed by atoms with Crippen LogP contribution in [-0.4, -0.2) is 37.5 Å². The van der Waals surface area contributed by atoms with Gasteiger partial charge in [0.25, 0.3) is 0 Å². The average Bonchev–Trinajstić information content (AvgIpc) is 2.70. The quantitative estimate of drug-likeness (QED) is 0.541. The fraction of sp³-hybridized carbons (Fsp3) is 0.318. The van der Waals surface area contributed by atoms with Crippen LogP contribution in [0.25, 0.3) is 0 Å². The number of benzene rings is 2. The molecule has 1 N–H and O–H groups in total. The molecule has 1 atom stereocenters. The molecule has 0 aliphatic rings. The summed E-state index contributed by atoms with van der Waals surface area (Å²) >= 11 is 0. The molecule has 0 fully saturated rings. The van der Waals surface area contributed by atoms with E-state index in [0.717, 1.165) is 17.4 Å². The van der Waals surface area contributed by atoms with Crippen molar-refractivity contribution in [3.8, 4) is 11.5 Å². The lowest BCUT2D eigenvalue weighted by atomic mass is 9.78. The normalized spacial score (nSPS) is 12.1. The largest absolute Gasteiger partial charge is 0.497 e. The van der Waals surface area contributed by atoms with Gasteiger partial charge in [-0.1, -0.05) is 44.7 Å². The van der Waals surface area contributed by atoms with E-state index in [0.29, 0.717) is 5.75 Å². The van der Waals surface area contributed by atoms with Crippen LogP contribution < -0.4 is 9.47 Å². The minimum Gasteiger partial charge on any atom is -0.497 e. The van der Waals surface area contributed by atoms with Gasteiger partial charge in [-0.3, -0.25) is 0 Å². The minimum atomic E-state index is -0.899. The standard InChI is InChI=1S/C22H26O5/c1-5-21(24)27-15-18(23)14-26-20-12-8-17(9-13-20)22(2,3)16-6-10-19(25-4)11-7-16/h5-13,18,23H,1,14-15H2,2-4H3. The Labute approximate surface area is 160 Å². The molecule has 27 heavy (non-hydrogen) atoms. The Kier molecular flexibility index (Phi) is 7.02. The zero-order chi connectivity index (χ0) is 19.9. The summed E-state index contributed by atoms with van der Waals surface area (Å²) in [7, 11) is 1.65. The van der Waals surface area contributed by atoms with Crippen molar-refractivity contribution in [1.82, 2.24) is 0 Å². The molecule has 0 saturated carbocycles. The maximum atomic E-state index is 11.0. The van der Waals surface area contributed by atoms with Gasteiger partial charge >= 0.3 is 5.97 Å². The maximum Gasteiger partial charge on any atom is 0.330 e. The van der Waals surface area contributed by atoms with Gasteiger partial charge in [0.1, 0.15) is 30.8 Å². The predicted molar refractivity (Wildman–Crippen MR) is 104 cm³/mol. The highest BCUT2D eigenvalue weighted by molar-refractivity contribution is 5.81. The first-order valence-electron chi connectivity index (χ1n) is 8.72. The van der Waals surface area contributed by atoms with Gasteiger partial charge < -0.3 is 19.3 Å². The summed E-state index contributed by atoms with van der Waals surface area (Å²) in [6.45, 7) is 7.51. The van der Waals surface area contributed by atoms with Crippen LogP contribution in [0, 0.1) is 0 Å². The Balaban J connectivity index is 1.97. The molecule has 1 unspecified atom stereocenters. The summed E-state index contributed by atoms with van der Waals surface area (Å²) in [6.07, 6.45) is 0.154. The monoisotopic (exact) mass is 370 g/mol. The van der Waals surface area contributed by atoms with Crippen LogP contribution in [0.4, 0.5) is 0 Å². The van der Waals surface area contributed by atoms with E-state index in [1.807, 2.05) is 36.4 Å². The van der Waals surface area contributed by atoms with Gasteiger partial charge in [0, 0.05) is 11.5 Å². The Morgan fingerprint density at radius 1 is 1.04 bits per heavy atom. The summed E-state index contributed by atoms with van der Waals surface area (Å²) in [4.78, 5) is 11.0. The number of hydrogen-bond acceptors (Lipinski definition) is 5. The molecule has 2 rings (SSSR count). The molecule has 0 spiro atoms. The summed E-state index contributed by atoms with van der Waals surface area (Å²) in [5.41, 5.74) is 2.14. The Morgan fingerprint density at radius 3 is 2.04 bits per heavy atom. The summed E-state index contributed by atoms with van der Waals surface area (Å²) < 4.78 is 15.5. The molecule has 5 nitrogen and oxygen atoms in total. The smallest absolute Gasteiger partial charge is 0.330 e. The molecule has 0 aromatic heterocycles. The third-order valence-corrected chi connectivity index (χ3v) is 4.41. The van der Waals surface area contributed by atoms with Gasteiger partial charge in [-0.25, -0.2) is 4.79 Å². The summed E-state index contributed by atoms with van der Waals surface area (Å²) in [5.74, 6) is 0.896. The van der Waals surface area contributed by atoms with Crippen molar-refractivity contribution < 1.29 is 24.1 Å². The van der Waals surface area contributed by atoms with E-state index in [2.05, 4.69) is 32.6 Å². The second-order valence-corrected chi connectivity index (χ2v) is 6.68. The summed E-state index contributed by atoms with van der Waals surface area (Å²) in [6, 6.07) is 15.8. The molecule has 0 heterocycles. The molecule has 144 valence electrons. The summed E-state index contributed by atoms with van der Waals surface area (Å²) in [5, 5.41) is 9.78. The van der Waals surface area contributed by atoms with Crippen LogP contribution in [0.2, 0.25) is 0 Å². The van der Waals surface area contributed by atoms with E-state index >= 15 is 0 Å². The highest BCUT2D eigenvalue weighted by Crippen LogP contribution is 2.33. The molecule has 0 radical (unpaired) electrons. The Morgan fingerprint density at radius 2 is 1.56 bits per heavy atom. The highest BCUT2D eigenvalue weighted by atomic mass is 16.5. The van der Waals surface area contributed by atoms with E-state index in [1.54, 1.807) is 7.11 Å². The molecular formula is C22H26O5. The van der Waals surface area contributed by atoms with Gasteiger partial charge in [-0.05, 0) is 35.4 Å². The average molecular weight is 370 g/mol. The van der Waals surface area contributed by atoms with Crippen molar-refractivity contribution in [3.63, 3.8) is 0 Å². The number of aliphatic hydroxyl groups is 1. The van der Waals surface area contributed by atoms with Crippen molar-refractivity contribution in [1.29, 1.82) is 0 Å². The minimum absolute atomic E-state index is 0.0334. The van der Waals surface area contributed by atoms with Crippen LogP contribution in [-0.2, 0) is 14.9 Å². The molecule has 2 aromatic carbocycles. The number of carbonyl (C=O) groups excluding carboxylic acids is 1. The molecular weight excluding hydrogens is 344 g/mol. The van der Waals surface area contributed by atoms with Crippen molar-refractivity contribution in [2.45, 2.75) is 25.4 Å². The third-order valence-electron chi connectivity index (χ3n) is 4.41. The molecule has 0 bridgehead atoms. The van der Waals surface area contributed by atoms with Crippen molar-refractivity contribution in [3.05, 3.63) is 72.3 Å². The molecule has 2 aromatic rings. The first-order valence-corrected chi connectivity index (χ1v) is 8.72. The van der Waals surface area contributed by atoms with E-state index in [-0.39, 0.29) is 18.6 Å². The fourth-order valence-electron chi connectivity index (χ4n) is 2.62. The number of ether oxygens (including phenoxy) is 3. The second kappa shape index (κ2) is 9.24. The number of hydrogen-bond donors (Lipinski definition) is 1. The van der Waals surface area contributed by atoms with Gasteiger partial charge in [0.15, 0.2) is 0 Å². The van der Waals surface area contributed by atoms with Crippen LogP contribution in [0.5, 0.6) is 11.5 Å². The van der Waals surface area contributed by atoms with E-state index in [4.69, 9.17) is 14.2 Å². The SMILES string of the molecule is C=CC(=O)OCC(O)COc1ccc(C(C)(C)c2ccc(OC)cc2)cc1. The first-order chi connectivity index (χ1) is 12.9. The number of methoxy groups -OCH3 is 1. The third kappa shape index (κ3) is 5.59. The molecule has 0 saturated heterocycles. The predicted octanol–water partition coefficient (Wildman–Crippen LogP) is 3.49. The zero-order valence-corrected chi connectivity index (χ0v) is 16.0. The zero-order valence-electron chi connectivity index (χ0n) is 16.0. The van der Waals surface area contributed by atoms with Gasteiger partial charge in [0.2, 0.25) is 0 Å². The van der Waals surface area contributed by atoms with E-state index in [9.17, 15) is 9.90 Å². The van der Waals surface area contributed by atoms with Crippen LogP contribution >= 0.6 is 0 Å². The van der Waals surface area contributed by atoms with Crippen molar-refractivity contribution in [2.75, 3.05) is 20.3 Å². The van der Waals surface area contributed by atoms with Crippen LogP contribution in [0.3, 0.4) is 0 Å². The fourth-order valence-corrected chi connectivity index (χ4v) is 2.62. The molecule has 0 amide bonds. The van der Waals surface area contributed by atoms with Crippen LogP contribution in [0.15, 0.2) is 61.2 Å². The van der Waals surface area contributed by atoms with Crippen molar-refractivity contribution >= 4 is 5.97 Å². The lowest BCUT2D eigenvalue weighted by molar-refractivity contribution is -0.141. The van der Waals surface area contributed by atoms with Crippen molar-refractivity contribution in [2.24, 2.45) is 0 Å². The van der Waals surface area contributed by atoms with Gasteiger partial charge in [0.05, 0.1) is 7.11 Å². The molecule has 0 aliphatic heterocycles. The number of rotatable bonds is 9. The second-order valence-electron chi connectivity index (χ2n) is 6.68. The highest BCUT2D eigenvalue weighted by Gasteiger charge is 2.23. The van der Waals surface area contributed by atoms with Gasteiger partial charge in [-0.2, -0.15) is 0 Å². The number of carbonyl (C=O) groups is 1. The first kappa shape index (κ1) is 20.5. The Bertz CT molecular complexity index is 747. The van der Waals surface area contributed by atoms with Gasteiger partial charge in [-0.15, -0.1) is 0 Å². The van der Waals surface area contributed by atoms with E-state index < -0.39 is 12.1 Å².